The molecular weight excluding hydrogens is 312 g/mol. The summed E-state index contributed by atoms with van der Waals surface area (Å²) in [5.41, 5.74) is 0. The lowest BCUT2D eigenvalue weighted by molar-refractivity contribution is 1.92. The van der Waals surface area contributed by atoms with Crippen molar-refractivity contribution in [3.8, 4) is 0 Å². The van der Waals surface area contributed by atoms with Crippen LogP contribution in [0.4, 0.5) is 0 Å². The molecule has 4 rings (SSSR count). The molecule has 4 aromatic rings. The third-order valence-corrected chi connectivity index (χ3v) is 5.72. The van der Waals surface area contributed by atoms with E-state index < -0.39 is 0 Å². The molecule has 0 N–H and O–H groups in total. The second-order valence-electron chi connectivity index (χ2n) is 4.03. The van der Waals surface area contributed by atoms with Gasteiger partial charge in [-0.3, -0.25) is 0 Å². The first kappa shape index (κ1) is 10.1. The van der Waals surface area contributed by atoms with Crippen LogP contribution >= 0.6 is 38.6 Å². The van der Waals surface area contributed by atoms with E-state index in [1.54, 1.807) is 0 Å². The number of rotatable bonds is 0. The van der Waals surface area contributed by atoms with Crippen molar-refractivity contribution in [2.24, 2.45) is 0 Å². The predicted octanol–water partition coefficient (Wildman–Crippen LogP) is 6.03. The van der Waals surface area contributed by atoms with E-state index in [1.165, 1.54) is 34.7 Å². The molecule has 0 saturated carbocycles. The molecule has 0 fully saturated rings. The molecule has 0 bridgehead atoms. The van der Waals surface area contributed by atoms with E-state index in [4.69, 9.17) is 0 Å². The van der Waals surface area contributed by atoms with Gasteiger partial charge in [0.1, 0.15) is 0 Å². The van der Waals surface area contributed by atoms with Gasteiger partial charge in [0.05, 0.1) is 3.79 Å². The van der Waals surface area contributed by atoms with Crippen molar-refractivity contribution in [1.29, 1.82) is 0 Å². The van der Waals surface area contributed by atoms with E-state index >= 15 is 0 Å². The lowest BCUT2D eigenvalue weighted by atomic mass is 10.1. The van der Waals surface area contributed by atoms with E-state index in [2.05, 4.69) is 57.7 Å². The summed E-state index contributed by atoms with van der Waals surface area (Å²) in [6.45, 7) is 0. The first-order valence-corrected chi connectivity index (χ1v) is 7.80. The highest BCUT2D eigenvalue weighted by molar-refractivity contribution is 9.11. The molecule has 0 saturated heterocycles. The molecule has 0 amide bonds. The lowest BCUT2D eigenvalue weighted by Crippen LogP contribution is -1.72. The van der Waals surface area contributed by atoms with Crippen molar-refractivity contribution in [2.45, 2.75) is 0 Å². The highest BCUT2D eigenvalue weighted by Gasteiger charge is 2.07. The lowest BCUT2D eigenvalue weighted by Gasteiger charge is -2.00. The average Bonchev–Trinajstić information content (AvgIpc) is 2.92. The van der Waals surface area contributed by atoms with Gasteiger partial charge in [-0.2, -0.15) is 0 Å². The van der Waals surface area contributed by atoms with Crippen LogP contribution < -0.4 is 0 Å². The van der Waals surface area contributed by atoms with Gasteiger partial charge in [-0.05, 0) is 44.2 Å². The molecule has 2 heterocycles. The third kappa shape index (κ3) is 1.39. The normalized spacial score (nSPS) is 11.8. The molecule has 0 aliphatic carbocycles. The molecular formula is C14H7BrS2. The smallest absolute Gasteiger partial charge is 0.0711 e. The fourth-order valence-electron chi connectivity index (χ4n) is 2.30. The Labute approximate surface area is 115 Å². The first-order chi connectivity index (χ1) is 8.33. The highest BCUT2D eigenvalue weighted by Crippen LogP contribution is 2.38. The Bertz CT molecular complexity index is 854. The third-order valence-electron chi connectivity index (χ3n) is 3.06. The van der Waals surface area contributed by atoms with E-state index in [9.17, 15) is 0 Å². The van der Waals surface area contributed by atoms with Gasteiger partial charge in [0.25, 0.3) is 0 Å². The van der Waals surface area contributed by atoms with Crippen LogP contribution in [-0.4, -0.2) is 0 Å². The zero-order valence-electron chi connectivity index (χ0n) is 8.74. The topological polar surface area (TPSA) is 0 Å². The predicted molar refractivity (Wildman–Crippen MR) is 82.4 cm³/mol. The summed E-state index contributed by atoms with van der Waals surface area (Å²) in [6.07, 6.45) is 0. The fraction of sp³-hybridized carbons (Fsp3) is 0. The zero-order chi connectivity index (χ0) is 11.4. The Hall–Kier alpha value is -0.900. The monoisotopic (exact) mass is 318 g/mol. The summed E-state index contributed by atoms with van der Waals surface area (Å²) >= 11 is 7.21. The highest BCUT2D eigenvalue weighted by atomic mass is 79.9. The molecule has 0 spiro atoms. The van der Waals surface area contributed by atoms with E-state index in [1.807, 2.05) is 22.7 Å². The molecule has 3 heteroatoms. The van der Waals surface area contributed by atoms with E-state index in [0.717, 1.165) is 0 Å². The van der Waals surface area contributed by atoms with Crippen LogP contribution in [0.1, 0.15) is 0 Å². The summed E-state index contributed by atoms with van der Waals surface area (Å²) in [5.74, 6) is 0. The van der Waals surface area contributed by atoms with Crippen LogP contribution in [0.15, 0.2) is 45.6 Å². The molecule has 0 aliphatic rings. The molecule has 0 atom stereocenters. The maximum absolute atomic E-state index is 3.57. The second-order valence-corrected chi connectivity index (χ2v) is 7.38. The Morgan fingerprint density at radius 1 is 0.824 bits per heavy atom. The average molecular weight is 319 g/mol. The number of halogens is 1. The summed E-state index contributed by atoms with van der Waals surface area (Å²) in [7, 11) is 0. The van der Waals surface area contributed by atoms with Gasteiger partial charge in [0.2, 0.25) is 0 Å². The number of hydrogen-bond acceptors (Lipinski definition) is 2. The van der Waals surface area contributed by atoms with Crippen LogP contribution in [0.2, 0.25) is 0 Å². The molecule has 0 aliphatic heterocycles. The minimum Gasteiger partial charge on any atom is -0.143 e. The minimum absolute atomic E-state index is 1.20. The zero-order valence-corrected chi connectivity index (χ0v) is 12.0. The van der Waals surface area contributed by atoms with Gasteiger partial charge >= 0.3 is 0 Å². The van der Waals surface area contributed by atoms with Gasteiger partial charge in [-0.1, -0.05) is 24.3 Å². The Kier molecular flexibility index (Phi) is 2.10. The number of fused-ring (bicyclic) bond motifs is 5. The van der Waals surface area contributed by atoms with Crippen LogP contribution in [0.5, 0.6) is 0 Å². The second kappa shape index (κ2) is 3.55. The maximum Gasteiger partial charge on any atom is 0.0711 e. The largest absolute Gasteiger partial charge is 0.143 e. The Morgan fingerprint density at radius 3 is 2.47 bits per heavy atom. The SMILES string of the molecule is Brc1cc2ccc3c(ccc4ccsc43)c2s1. The number of thiophene rings is 2. The van der Waals surface area contributed by atoms with Crippen molar-refractivity contribution < 1.29 is 0 Å². The van der Waals surface area contributed by atoms with Gasteiger partial charge in [0, 0.05) is 20.2 Å². The number of benzene rings is 2. The standard InChI is InChI=1S/C14H7BrS2/c15-12-7-9-2-4-10-11(14(9)17-12)3-1-8-5-6-16-13(8)10/h1-7H. The molecule has 2 aromatic carbocycles. The van der Waals surface area contributed by atoms with Crippen molar-refractivity contribution in [1.82, 2.24) is 0 Å². The molecule has 0 nitrogen and oxygen atoms in total. The Morgan fingerprint density at radius 2 is 1.59 bits per heavy atom. The van der Waals surface area contributed by atoms with Gasteiger partial charge < -0.3 is 0 Å². The van der Waals surface area contributed by atoms with Crippen LogP contribution in [0, 0.1) is 0 Å². The molecule has 0 radical (unpaired) electrons. The van der Waals surface area contributed by atoms with Crippen LogP contribution in [-0.2, 0) is 0 Å². The first-order valence-electron chi connectivity index (χ1n) is 5.31. The maximum atomic E-state index is 3.57. The van der Waals surface area contributed by atoms with Crippen molar-refractivity contribution >= 4 is 69.5 Å². The summed E-state index contributed by atoms with van der Waals surface area (Å²) in [4.78, 5) is 0. The van der Waals surface area contributed by atoms with Gasteiger partial charge in [-0.15, -0.1) is 22.7 Å². The quantitative estimate of drug-likeness (QED) is 0.371. The van der Waals surface area contributed by atoms with Crippen molar-refractivity contribution in [2.75, 3.05) is 0 Å². The van der Waals surface area contributed by atoms with E-state index in [0.29, 0.717) is 0 Å². The van der Waals surface area contributed by atoms with Crippen LogP contribution in [0.3, 0.4) is 0 Å². The molecule has 0 unspecified atom stereocenters. The van der Waals surface area contributed by atoms with Gasteiger partial charge in [0.15, 0.2) is 0 Å². The van der Waals surface area contributed by atoms with Crippen LogP contribution in [0.25, 0.3) is 30.9 Å². The van der Waals surface area contributed by atoms with E-state index in [-0.39, 0.29) is 0 Å². The molecule has 17 heavy (non-hydrogen) atoms. The molecule has 2 aromatic heterocycles. The minimum atomic E-state index is 1.20. The van der Waals surface area contributed by atoms with Crippen molar-refractivity contribution in [3.05, 3.63) is 45.6 Å². The summed E-state index contributed by atoms with van der Waals surface area (Å²) in [5, 5.41) is 7.58. The summed E-state index contributed by atoms with van der Waals surface area (Å²) < 4.78 is 3.98. The summed E-state index contributed by atoms with van der Waals surface area (Å²) in [6, 6.07) is 13.3. The number of hydrogen-bond donors (Lipinski definition) is 0. The Balaban J connectivity index is 2.33. The van der Waals surface area contributed by atoms with Gasteiger partial charge in [-0.25, -0.2) is 0 Å². The fourth-order valence-corrected chi connectivity index (χ4v) is 4.87. The van der Waals surface area contributed by atoms with Crippen molar-refractivity contribution in [3.63, 3.8) is 0 Å². The molecule has 82 valence electrons.